The predicted octanol–water partition coefficient (Wildman–Crippen LogP) is 3.10. The first kappa shape index (κ1) is 15.3. The van der Waals surface area contributed by atoms with Crippen LogP contribution in [0.25, 0.3) is 0 Å². The molecule has 3 heteroatoms. The van der Waals surface area contributed by atoms with Crippen molar-refractivity contribution < 1.29 is 5.11 Å². The third-order valence-corrected chi connectivity index (χ3v) is 4.78. The van der Waals surface area contributed by atoms with E-state index in [9.17, 15) is 5.11 Å². The Bertz CT molecular complexity index is 440. The Morgan fingerprint density at radius 2 is 2.00 bits per heavy atom. The van der Waals surface area contributed by atoms with Crippen molar-refractivity contribution in [1.82, 2.24) is 4.90 Å². The van der Waals surface area contributed by atoms with Gasteiger partial charge in [-0.1, -0.05) is 39.8 Å². The van der Waals surface area contributed by atoms with E-state index < -0.39 is 0 Å². The van der Waals surface area contributed by atoms with Crippen molar-refractivity contribution in [2.24, 2.45) is 5.41 Å². The molecule has 1 fully saturated rings. The lowest BCUT2D eigenvalue weighted by Gasteiger charge is -2.49. The fourth-order valence-corrected chi connectivity index (χ4v) is 2.81. The summed E-state index contributed by atoms with van der Waals surface area (Å²) in [4.78, 5) is 2.41. The Hall–Kier alpha value is -1.06. The molecule has 0 heterocycles. The van der Waals surface area contributed by atoms with Crippen LogP contribution in [0.15, 0.2) is 24.3 Å². The van der Waals surface area contributed by atoms with E-state index in [-0.39, 0.29) is 11.5 Å². The van der Waals surface area contributed by atoms with Gasteiger partial charge in [-0.05, 0) is 37.2 Å². The molecule has 0 saturated heterocycles. The first-order valence-electron chi connectivity index (χ1n) is 7.73. The number of benzene rings is 1. The maximum Gasteiger partial charge on any atom is 0.0630 e. The molecule has 0 radical (unpaired) electrons. The second kappa shape index (κ2) is 6.15. The molecule has 20 heavy (non-hydrogen) atoms. The second-order valence-electron chi connectivity index (χ2n) is 6.43. The monoisotopic (exact) mass is 276 g/mol. The molecule has 3 nitrogen and oxygen atoms in total. The summed E-state index contributed by atoms with van der Waals surface area (Å²) >= 11 is 0. The molecule has 112 valence electrons. The number of aliphatic hydroxyl groups is 1. The molecule has 2 rings (SSSR count). The van der Waals surface area contributed by atoms with Gasteiger partial charge in [0.2, 0.25) is 0 Å². The van der Waals surface area contributed by atoms with Crippen LogP contribution in [0.1, 0.15) is 39.7 Å². The van der Waals surface area contributed by atoms with Crippen LogP contribution in [-0.4, -0.2) is 35.2 Å². The van der Waals surface area contributed by atoms with Gasteiger partial charge in [0.05, 0.1) is 6.10 Å². The van der Waals surface area contributed by atoms with Crippen molar-refractivity contribution in [3.05, 3.63) is 29.8 Å². The third-order valence-electron chi connectivity index (χ3n) is 4.78. The number of nitrogens with one attached hydrogen (secondary N) is 1. The Labute approximate surface area is 123 Å². The van der Waals surface area contributed by atoms with Crippen LogP contribution in [-0.2, 0) is 6.54 Å². The summed E-state index contributed by atoms with van der Waals surface area (Å²) in [6.45, 7) is 11.8. The first-order chi connectivity index (χ1) is 9.47. The molecule has 1 aliphatic carbocycles. The Morgan fingerprint density at radius 1 is 1.30 bits per heavy atom. The molecule has 0 amide bonds. The van der Waals surface area contributed by atoms with Crippen LogP contribution in [0, 0.1) is 5.41 Å². The number of anilines is 1. The van der Waals surface area contributed by atoms with Crippen molar-refractivity contribution in [3.8, 4) is 0 Å². The second-order valence-corrected chi connectivity index (χ2v) is 6.43. The summed E-state index contributed by atoms with van der Waals surface area (Å²) in [7, 11) is 0. The predicted molar refractivity (Wildman–Crippen MR) is 84.9 cm³/mol. The molecule has 2 atom stereocenters. The highest BCUT2D eigenvalue weighted by molar-refractivity contribution is 5.47. The quantitative estimate of drug-likeness (QED) is 0.838. The zero-order chi connectivity index (χ0) is 14.8. The molecule has 0 spiro atoms. The molecular formula is C17H28N2O. The molecule has 0 aliphatic heterocycles. The van der Waals surface area contributed by atoms with Gasteiger partial charge < -0.3 is 10.4 Å². The van der Waals surface area contributed by atoms with Crippen LogP contribution >= 0.6 is 0 Å². The summed E-state index contributed by atoms with van der Waals surface area (Å²) in [6, 6.07) is 9.01. The SMILES string of the molecule is CCN(CC)Cc1cccc(NC2CC(O)C2(C)C)c1. The van der Waals surface area contributed by atoms with Crippen molar-refractivity contribution in [2.75, 3.05) is 18.4 Å². The van der Waals surface area contributed by atoms with Crippen LogP contribution in [0.2, 0.25) is 0 Å². The molecule has 0 bridgehead atoms. The van der Waals surface area contributed by atoms with Crippen molar-refractivity contribution >= 4 is 5.69 Å². The molecular weight excluding hydrogens is 248 g/mol. The smallest absolute Gasteiger partial charge is 0.0630 e. The number of aliphatic hydroxyl groups excluding tert-OH is 1. The van der Waals surface area contributed by atoms with Gasteiger partial charge in [-0.25, -0.2) is 0 Å². The van der Waals surface area contributed by atoms with Crippen molar-refractivity contribution in [3.63, 3.8) is 0 Å². The summed E-state index contributed by atoms with van der Waals surface area (Å²) in [5.74, 6) is 0. The van der Waals surface area contributed by atoms with Crippen molar-refractivity contribution in [1.29, 1.82) is 0 Å². The van der Waals surface area contributed by atoms with Gasteiger partial charge in [-0.3, -0.25) is 4.90 Å². The lowest BCUT2D eigenvalue weighted by molar-refractivity contribution is -0.0510. The molecule has 2 N–H and O–H groups in total. The standard InChI is InChI=1S/C17H28N2O/c1-5-19(6-2)12-13-8-7-9-14(10-13)18-15-11-16(20)17(15,3)4/h7-10,15-16,18,20H,5-6,11-12H2,1-4H3. The van der Waals surface area contributed by atoms with E-state index >= 15 is 0 Å². The van der Waals surface area contributed by atoms with E-state index in [1.807, 2.05) is 0 Å². The fourth-order valence-electron chi connectivity index (χ4n) is 2.81. The lowest BCUT2D eigenvalue weighted by atomic mass is 9.64. The number of rotatable bonds is 6. The molecule has 0 aromatic heterocycles. The largest absolute Gasteiger partial charge is 0.392 e. The number of hydrogen-bond acceptors (Lipinski definition) is 3. The van der Waals surface area contributed by atoms with Gasteiger partial charge in [-0.2, -0.15) is 0 Å². The van der Waals surface area contributed by atoms with E-state index in [2.05, 4.69) is 62.2 Å². The summed E-state index contributed by atoms with van der Waals surface area (Å²) in [6.07, 6.45) is 0.659. The van der Waals surface area contributed by atoms with Gasteiger partial charge in [-0.15, -0.1) is 0 Å². The van der Waals surface area contributed by atoms with E-state index in [0.29, 0.717) is 6.04 Å². The minimum Gasteiger partial charge on any atom is -0.392 e. The highest BCUT2D eigenvalue weighted by atomic mass is 16.3. The zero-order valence-electron chi connectivity index (χ0n) is 13.2. The molecule has 1 aliphatic rings. The molecule has 2 unspecified atom stereocenters. The van der Waals surface area contributed by atoms with Gasteiger partial charge in [0.25, 0.3) is 0 Å². The average Bonchev–Trinajstić information content (AvgIpc) is 2.45. The highest BCUT2D eigenvalue weighted by Gasteiger charge is 2.47. The van der Waals surface area contributed by atoms with E-state index in [1.54, 1.807) is 0 Å². The fraction of sp³-hybridized carbons (Fsp3) is 0.647. The average molecular weight is 276 g/mol. The van der Waals surface area contributed by atoms with E-state index in [1.165, 1.54) is 11.3 Å². The van der Waals surface area contributed by atoms with Gasteiger partial charge in [0.1, 0.15) is 0 Å². The minimum atomic E-state index is -0.182. The number of hydrogen-bond donors (Lipinski definition) is 2. The van der Waals surface area contributed by atoms with Crippen LogP contribution < -0.4 is 5.32 Å². The maximum atomic E-state index is 9.81. The van der Waals surface area contributed by atoms with Gasteiger partial charge in [0, 0.05) is 23.7 Å². The van der Waals surface area contributed by atoms with E-state index in [4.69, 9.17) is 0 Å². The van der Waals surface area contributed by atoms with Crippen LogP contribution in [0.5, 0.6) is 0 Å². The highest BCUT2D eigenvalue weighted by Crippen LogP contribution is 2.42. The van der Waals surface area contributed by atoms with Gasteiger partial charge >= 0.3 is 0 Å². The zero-order valence-corrected chi connectivity index (χ0v) is 13.2. The maximum absolute atomic E-state index is 9.81. The minimum absolute atomic E-state index is 0.0329. The topological polar surface area (TPSA) is 35.5 Å². The first-order valence-corrected chi connectivity index (χ1v) is 7.73. The Kier molecular flexibility index (Phi) is 4.71. The van der Waals surface area contributed by atoms with Crippen LogP contribution in [0.4, 0.5) is 5.69 Å². The molecule has 1 aromatic carbocycles. The van der Waals surface area contributed by atoms with E-state index in [0.717, 1.165) is 26.1 Å². The Morgan fingerprint density at radius 3 is 2.55 bits per heavy atom. The van der Waals surface area contributed by atoms with Gasteiger partial charge in [0.15, 0.2) is 0 Å². The summed E-state index contributed by atoms with van der Waals surface area (Å²) in [5.41, 5.74) is 2.48. The van der Waals surface area contributed by atoms with Crippen LogP contribution in [0.3, 0.4) is 0 Å². The number of nitrogens with zero attached hydrogens (tertiary/aromatic N) is 1. The Balaban J connectivity index is 2.00. The normalized spacial score (nSPS) is 24.5. The van der Waals surface area contributed by atoms with Crippen molar-refractivity contribution in [2.45, 2.75) is 52.8 Å². The molecule has 1 saturated carbocycles. The lowest BCUT2D eigenvalue weighted by Crippen LogP contribution is -2.56. The summed E-state index contributed by atoms with van der Waals surface area (Å²) in [5, 5.41) is 13.4. The molecule has 1 aromatic rings. The third kappa shape index (κ3) is 3.15. The summed E-state index contributed by atoms with van der Waals surface area (Å²) < 4.78 is 0.